The van der Waals surface area contributed by atoms with E-state index in [1.165, 1.54) is 7.11 Å². The van der Waals surface area contributed by atoms with Gasteiger partial charge in [-0.15, -0.1) is 0 Å². The largest absolute Gasteiger partial charge is 0.467 e. The molecular formula is C19H27N3O6. The van der Waals surface area contributed by atoms with E-state index in [-0.39, 0.29) is 12.5 Å². The molecule has 28 heavy (non-hydrogen) atoms. The van der Waals surface area contributed by atoms with Crippen LogP contribution in [-0.2, 0) is 30.5 Å². The lowest BCUT2D eigenvalue weighted by Gasteiger charge is -2.22. The van der Waals surface area contributed by atoms with Gasteiger partial charge in [0.25, 0.3) is 0 Å². The Bertz CT molecular complexity index is 678. The minimum Gasteiger partial charge on any atom is -0.467 e. The molecule has 0 heterocycles. The molecule has 1 aromatic carbocycles. The van der Waals surface area contributed by atoms with Gasteiger partial charge in [0, 0.05) is 0 Å². The molecule has 1 rings (SSSR count). The summed E-state index contributed by atoms with van der Waals surface area (Å²) in [5.41, 5.74) is 5.93. The lowest BCUT2D eigenvalue weighted by molar-refractivity contribution is -0.145. The molecule has 9 heteroatoms. The summed E-state index contributed by atoms with van der Waals surface area (Å²) in [5.74, 6) is -2.04. The quantitative estimate of drug-likeness (QED) is 0.504. The van der Waals surface area contributed by atoms with Gasteiger partial charge in [-0.05, 0) is 17.9 Å². The van der Waals surface area contributed by atoms with Crippen LogP contribution in [0.5, 0.6) is 0 Å². The second kappa shape index (κ2) is 11.6. The Labute approximate surface area is 163 Å². The van der Waals surface area contributed by atoms with Crippen LogP contribution in [0, 0.1) is 5.92 Å². The molecule has 154 valence electrons. The van der Waals surface area contributed by atoms with E-state index in [0.717, 1.165) is 5.56 Å². The van der Waals surface area contributed by atoms with E-state index >= 15 is 0 Å². The number of alkyl carbamates (subject to hydrolysis) is 1. The number of carbonyl (C=O) groups is 4. The van der Waals surface area contributed by atoms with Crippen LogP contribution in [0.15, 0.2) is 30.3 Å². The number of nitrogens with one attached hydrogen (secondary N) is 2. The van der Waals surface area contributed by atoms with Crippen LogP contribution in [0.25, 0.3) is 0 Å². The maximum Gasteiger partial charge on any atom is 0.408 e. The molecule has 0 spiro atoms. The van der Waals surface area contributed by atoms with Gasteiger partial charge in [0.05, 0.1) is 13.5 Å². The van der Waals surface area contributed by atoms with Gasteiger partial charge in [-0.3, -0.25) is 9.59 Å². The minimum absolute atomic E-state index is 0.00425. The first kappa shape index (κ1) is 22.9. The Morgan fingerprint density at radius 1 is 1.04 bits per heavy atom. The third kappa shape index (κ3) is 8.52. The first-order valence-corrected chi connectivity index (χ1v) is 8.86. The molecule has 0 aliphatic heterocycles. The molecule has 0 aromatic heterocycles. The molecule has 2 atom stereocenters. The van der Waals surface area contributed by atoms with Gasteiger partial charge in [-0.2, -0.15) is 0 Å². The smallest absolute Gasteiger partial charge is 0.408 e. The molecular weight excluding hydrogens is 366 g/mol. The molecule has 1 aromatic rings. The summed E-state index contributed by atoms with van der Waals surface area (Å²) < 4.78 is 9.74. The van der Waals surface area contributed by atoms with Crippen molar-refractivity contribution in [3.05, 3.63) is 35.9 Å². The van der Waals surface area contributed by atoms with E-state index in [1.807, 2.05) is 19.9 Å². The molecule has 0 aliphatic rings. The van der Waals surface area contributed by atoms with Gasteiger partial charge in [-0.1, -0.05) is 44.2 Å². The average Bonchev–Trinajstić information content (AvgIpc) is 2.64. The number of nitrogens with two attached hydrogens (primary N) is 1. The topological polar surface area (TPSA) is 137 Å². The van der Waals surface area contributed by atoms with E-state index in [0.29, 0.717) is 6.42 Å². The third-order valence-electron chi connectivity index (χ3n) is 3.74. The predicted molar refractivity (Wildman–Crippen MR) is 101 cm³/mol. The Hall–Kier alpha value is -3.10. The maximum absolute atomic E-state index is 12.5. The first-order chi connectivity index (χ1) is 13.2. The fourth-order valence-corrected chi connectivity index (χ4v) is 2.42. The van der Waals surface area contributed by atoms with Crippen molar-refractivity contribution in [3.8, 4) is 0 Å². The van der Waals surface area contributed by atoms with Crippen molar-refractivity contribution in [2.45, 2.75) is 45.4 Å². The van der Waals surface area contributed by atoms with Crippen LogP contribution in [-0.4, -0.2) is 43.1 Å². The number of hydrogen-bond donors (Lipinski definition) is 3. The van der Waals surface area contributed by atoms with Crippen LogP contribution in [0.1, 0.15) is 32.3 Å². The predicted octanol–water partition coefficient (Wildman–Crippen LogP) is 0.861. The number of rotatable bonds is 10. The van der Waals surface area contributed by atoms with E-state index in [9.17, 15) is 19.2 Å². The number of methoxy groups -OCH3 is 1. The zero-order valence-corrected chi connectivity index (χ0v) is 16.3. The highest BCUT2D eigenvalue weighted by Gasteiger charge is 2.29. The second-order valence-electron chi connectivity index (χ2n) is 6.64. The molecule has 0 radical (unpaired) electrons. The van der Waals surface area contributed by atoms with E-state index in [4.69, 9.17) is 10.5 Å². The number of esters is 1. The lowest BCUT2D eigenvalue weighted by atomic mass is 10.0. The summed E-state index contributed by atoms with van der Waals surface area (Å²) >= 11 is 0. The average molecular weight is 393 g/mol. The number of amides is 3. The van der Waals surface area contributed by atoms with Gasteiger partial charge in [-0.25, -0.2) is 9.59 Å². The van der Waals surface area contributed by atoms with Crippen molar-refractivity contribution in [2.24, 2.45) is 11.7 Å². The highest BCUT2D eigenvalue weighted by atomic mass is 16.5. The van der Waals surface area contributed by atoms with Crippen LogP contribution < -0.4 is 16.4 Å². The fourth-order valence-electron chi connectivity index (χ4n) is 2.42. The molecule has 3 amide bonds. The Kier molecular flexibility index (Phi) is 9.49. The third-order valence-corrected chi connectivity index (χ3v) is 3.74. The Morgan fingerprint density at radius 3 is 2.21 bits per heavy atom. The van der Waals surface area contributed by atoms with Crippen molar-refractivity contribution in [2.75, 3.05) is 7.11 Å². The summed E-state index contributed by atoms with van der Waals surface area (Å²) in [4.78, 5) is 47.7. The van der Waals surface area contributed by atoms with Crippen LogP contribution >= 0.6 is 0 Å². The van der Waals surface area contributed by atoms with Crippen molar-refractivity contribution in [1.82, 2.24) is 10.6 Å². The summed E-state index contributed by atoms with van der Waals surface area (Å²) in [5, 5.41) is 4.80. The van der Waals surface area contributed by atoms with Crippen molar-refractivity contribution < 1.29 is 28.7 Å². The number of benzene rings is 1. The molecule has 9 nitrogen and oxygen atoms in total. The first-order valence-electron chi connectivity index (χ1n) is 8.86. The summed E-state index contributed by atoms with van der Waals surface area (Å²) in [6, 6.07) is 6.77. The normalized spacial score (nSPS) is 12.6. The molecule has 0 aliphatic carbocycles. The molecule has 0 bridgehead atoms. The zero-order chi connectivity index (χ0) is 21.1. The standard InChI is InChI=1S/C19H27N3O6/c1-12(2)9-15(18(25)27-3)21-17(24)14(10-16(20)23)22-19(26)28-11-13-7-5-4-6-8-13/h4-8,12,14-15H,9-11H2,1-3H3,(H2,20,23)(H,21,24)(H,22,26). The van der Waals surface area contributed by atoms with Crippen molar-refractivity contribution in [1.29, 1.82) is 0 Å². The van der Waals surface area contributed by atoms with Crippen LogP contribution in [0.4, 0.5) is 4.79 Å². The van der Waals surface area contributed by atoms with Gasteiger partial charge in [0.15, 0.2) is 0 Å². The Morgan fingerprint density at radius 2 is 1.68 bits per heavy atom. The molecule has 0 fully saturated rings. The fraction of sp³-hybridized carbons (Fsp3) is 0.474. The number of primary amides is 1. The van der Waals surface area contributed by atoms with Gasteiger partial charge >= 0.3 is 12.1 Å². The van der Waals surface area contributed by atoms with E-state index < -0.39 is 42.4 Å². The molecule has 0 saturated carbocycles. The second-order valence-corrected chi connectivity index (χ2v) is 6.64. The maximum atomic E-state index is 12.5. The highest BCUT2D eigenvalue weighted by molar-refractivity contribution is 5.92. The van der Waals surface area contributed by atoms with Crippen molar-refractivity contribution >= 4 is 23.9 Å². The Balaban J connectivity index is 2.73. The lowest BCUT2D eigenvalue weighted by Crippen LogP contribution is -2.53. The number of ether oxygens (including phenoxy) is 2. The zero-order valence-electron chi connectivity index (χ0n) is 16.3. The van der Waals surface area contributed by atoms with E-state index in [1.54, 1.807) is 24.3 Å². The highest BCUT2D eigenvalue weighted by Crippen LogP contribution is 2.07. The van der Waals surface area contributed by atoms with Gasteiger partial charge in [0.2, 0.25) is 11.8 Å². The SMILES string of the molecule is COC(=O)C(CC(C)C)NC(=O)C(CC(N)=O)NC(=O)OCc1ccccc1. The number of carbonyl (C=O) groups excluding carboxylic acids is 4. The van der Waals surface area contributed by atoms with Gasteiger partial charge in [0.1, 0.15) is 18.7 Å². The molecule has 0 saturated heterocycles. The number of hydrogen-bond acceptors (Lipinski definition) is 6. The van der Waals surface area contributed by atoms with Gasteiger partial charge < -0.3 is 25.8 Å². The summed E-state index contributed by atoms with van der Waals surface area (Å²) in [6.07, 6.45) is -0.995. The molecule has 2 unspecified atom stereocenters. The van der Waals surface area contributed by atoms with Crippen molar-refractivity contribution in [3.63, 3.8) is 0 Å². The monoisotopic (exact) mass is 393 g/mol. The van der Waals surface area contributed by atoms with Crippen LogP contribution in [0.3, 0.4) is 0 Å². The van der Waals surface area contributed by atoms with E-state index in [2.05, 4.69) is 15.4 Å². The summed E-state index contributed by atoms with van der Waals surface area (Å²) in [7, 11) is 1.21. The summed E-state index contributed by atoms with van der Waals surface area (Å²) in [6.45, 7) is 3.75. The molecule has 4 N–H and O–H groups in total. The minimum atomic E-state index is -1.28. The van der Waals surface area contributed by atoms with Crippen LogP contribution in [0.2, 0.25) is 0 Å².